The van der Waals surface area contributed by atoms with Gasteiger partial charge in [0.1, 0.15) is 5.69 Å². The molecule has 0 atom stereocenters. The fraction of sp³-hybridized carbons (Fsp3) is 0.308. The molecular formula is C13H15BrN4O2. The summed E-state index contributed by atoms with van der Waals surface area (Å²) in [5.74, 6) is 0. The van der Waals surface area contributed by atoms with Crippen molar-refractivity contribution < 1.29 is 4.92 Å². The Hall–Kier alpha value is -1.89. The molecule has 0 amide bonds. The lowest BCUT2D eigenvalue weighted by molar-refractivity contribution is -0.384. The molecule has 1 N–H and O–H groups in total. The molecule has 0 fully saturated rings. The van der Waals surface area contributed by atoms with Crippen LogP contribution in [-0.2, 0) is 6.54 Å². The molecule has 2 rings (SSSR count). The van der Waals surface area contributed by atoms with Crippen LogP contribution in [-0.4, -0.2) is 21.8 Å². The second kappa shape index (κ2) is 5.62. The zero-order chi connectivity index (χ0) is 14.9. The number of nitro groups is 1. The van der Waals surface area contributed by atoms with Crippen LogP contribution in [0, 0.1) is 24.0 Å². The second-order valence-corrected chi connectivity index (χ2v) is 5.29. The van der Waals surface area contributed by atoms with E-state index in [-0.39, 0.29) is 10.6 Å². The van der Waals surface area contributed by atoms with Crippen molar-refractivity contribution in [2.75, 3.05) is 12.4 Å². The SMILES string of the molecule is CNc1ccc(Cn2nc(C)c(Br)c2C)cc1[N+](=O)[O-]. The number of rotatable bonds is 4. The van der Waals surface area contributed by atoms with Crippen molar-refractivity contribution in [3.8, 4) is 0 Å². The summed E-state index contributed by atoms with van der Waals surface area (Å²) in [6.45, 7) is 4.38. The molecule has 1 heterocycles. The predicted molar refractivity (Wildman–Crippen MR) is 81.1 cm³/mol. The quantitative estimate of drug-likeness (QED) is 0.685. The summed E-state index contributed by atoms with van der Waals surface area (Å²) >= 11 is 3.47. The molecule has 0 saturated heterocycles. The van der Waals surface area contributed by atoms with Crippen LogP contribution in [0.2, 0.25) is 0 Å². The van der Waals surface area contributed by atoms with Crippen molar-refractivity contribution in [3.63, 3.8) is 0 Å². The molecule has 1 aromatic carbocycles. The maximum Gasteiger partial charge on any atom is 0.292 e. The molecule has 0 spiro atoms. The molecule has 20 heavy (non-hydrogen) atoms. The summed E-state index contributed by atoms with van der Waals surface area (Å²) in [6.07, 6.45) is 0. The highest BCUT2D eigenvalue weighted by molar-refractivity contribution is 9.10. The zero-order valence-corrected chi connectivity index (χ0v) is 13.1. The Bertz CT molecular complexity index is 667. The van der Waals surface area contributed by atoms with Gasteiger partial charge in [-0.1, -0.05) is 6.07 Å². The van der Waals surface area contributed by atoms with Gasteiger partial charge in [-0.2, -0.15) is 5.10 Å². The van der Waals surface area contributed by atoms with E-state index < -0.39 is 0 Å². The lowest BCUT2D eigenvalue weighted by Crippen LogP contribution is -2.05. The van der Waals surface area contributed by atoms with Gasteiger partial charge in [-0.15, -0.1) is 0 Å². The molecule has 0 bridgehead atoms. The van der Waals surface area contributed by atoms with Crippen LogP contribution in [0.3, 0.4) is 0 Å². The first-order chi connectivity index (χ1) is 9.43. The monoisotopic (exact) mass is 338 g/mol. The fourth-order valence-corrected chi connectivity index (χ4v) is 2.32. The lowest BCUT2D eigenvalue weighted by Gasteiger charge is -2.07. The third-order valence-electron chi connectivity index (χ3n) is 3.15. The van der Waals surface area contributed by atoms with Gasteiger partial charge >= 0.3 is 0 Å². The number of aryl methyl sites for hydroxylation is 1. The standard InChI is InChI=1S/C13H15BrN4O2/c1-8-13(14)9(2)17(16-8)7-10-4-5-11(15-3)12(6-10)18(19)20/h4-6,15H,7H2,1-3H3. The minimum Gasteiger partial charge on any atom is -0.383 e. The number of benzene rings is 1. The van der Waals surface area contributed by atoms with Crippen LogP contribution >= 0.6 is 15.9 Å². The number of halogens is 1. The van der Waals surface area contributed by atoms with Crippen molar-refractivity contribution in [2.24, 2.45) is 0 Å². The Morgan fingerprint density at radius 2 is 2.15 bits per heavy atom. The summed E-state index contributed by atoms with van der Waals surface area (Å²) in [4.78, 5) is 10.7. The molecule has 2 aromatic rings. The molecule has 7 heteroatoms. The van der Waals surface area contributed by atoms with E-state index in [1.807, 2.05) is 24.6 Å². The van der Waals surface area contributed by atoms with E-state index in [2.05, 4.69) is 26.3 Å². The van der Waals surface area contributed by atoms with Crippen molar-refractivity contribution in [1.82, 2.24) is 9.78 Å². The van der Waals surface area contributed by atoms with Gasteiger partial charge in [0.05, 0.1) is 27.3 Å². The molecule has 1 aromatic heterocycles. The van der Waals surface area contributed by atoms with E-state index in [0.29, 0.717) is 12.2 Å². The smallest absolute Gasteiger partial charge is 0.292 e. The third-order valence-corrected chi connectivity index (χ3v) is 4.30. The number of aromatic nitrogens is 2. The maximum atomic E-state index is 11.0. The van der Waals surface area contributed by atoms with E-state index in [1.54, 1.807) is 19.2 Å². The Balaban J connectivity index is 2.36. The first-order valence-corrected chi connectivity index (χ1v) is 6.88. The Morgan fingerprint density at radius 3 is 2.65 bits per heavy atom. The number of hydrogen-bond donors (Lipinski definition) is 1. The van der Waals surface area contributed by atoms with Crippen LogP contribution in [0.25, 0.3) is 0 Å². The minimum absolute atomic E-state index is 0.0746. The predicted octanol–water partition coefficient (Wildman–Crippen LogP) is 3.26. The molecule has 0 unspecified atom stereocenters. The number of nitro benzene ring substituents is 1. The summed E-state index contributed by atoms with van der Waals surface area (Å²) in [5, 5.41) is 18.3. The highest BCUT2D eigenvalue weighted by atomic mass is 79.9. The molecule has 0 saturated carbocycles. The van der Waals surface area contributed by atoms with E-state index in [4.69, 9.17) is 0 Å². The normalized spacial score (nSPS) is 10.6. The summed E-state index contributed by atoms with van der Waals surface area (Å²) in [7, 11) is 1.67. The van der Waals surface area contributed by atoms with E-state index in [1.165, 1.54) is 0 Å². The third kappa shape index (κ3) is 2.67. The van der Waals surface area contributed by atoms with Crippen LogP contribution in [0.5, 0.6) is 0 Å². The largest absolute Gasteiger partial charge is 0.383 e. The number of hydrogen-bond acceptors (Lipinski definition) is 4. The van der Waals surface area contributed by atoms with Crippen LogP contribution < -0.4 is 5.32 Å². The molecule has 106 valence electrons. The van der Waals surface area contributed by atoms with Crippen LogP contribution in [0.4, 0.5) is 11.4 Å². The van der Waals surface area contributed by atoms with Gasteiger partial charge in [-0.3, -0.25) is 14.8 Å². The Morgan fingerprint density at radius 1 is 1.45 bits per heavy atom. The average molecular weight is 339 g/mol. The highest BCUT2D eigenvalue weighted by Crippen LogP contribution is 2.26. The van der Waals surface area contributed by atoms with Gasteiger partial charge in [0, 0.05) is 13.1 Å². The van der Waals surface area contributed by atoms with Gasteiger partial charge in [-0.05, 0) is 41.4 Å². The van der Waals surface area contributed by atoms with Gasteiger partial charge in [0.25, 0.3) is 5.69 Å². The van der Waals surface area contributed by atoms with Gasteiger partial charge in [0.2, 0.25) is 0 Å². The fourth-order valence-electron chi connectivity index (χ4n) is 2.04. The van der Waals surface area contributed by atoms with Crippen LogP contribution in [0.15, 0.2) is 22.7 Å². The lowest BCUT2D eigenvalue weighted by atomic mass is 10.1. The number of nitrogens with zero attached hydrogens (tertiary/aromatic N) is 3. The first-order valence-electron chi connectivity index (χ1n) is 6.08. The minimum atomic E-state index is -0.382. The second-order valence-electron chi connectivity index (χ2n) is 4.50. The average Bonchev–Trinajstić information content (AvgIpc) is 2.66. The van der Waals surface area contributed by atoms with Gasteiger partial charge in [0.15, 0.2) is 0 Å². The van der Waals surface area contributed by atoms with Crippen molar-refractivity contribution >= 4 is 27.3 Å². The molecular weight excluding hydrogens is 324 g/mol. The van der Waals surface area contributed by atoms with Crippen molar-refractivity contribution in [3.05, 3.63) is 49.7 Å². The molecule has 6 nitrogen and oxygen atoms in total. The Kier molecular flexibility index (Phi) is 4.08. The highest BCUT2D eigenvalue weighted by Gasteiger charge is 2.15. The van der Waals surface area contributed by atoms with E-state index in [9.17, 15) is 10.1 Å². The van der Waals surface area contributed by atoms with Gasteiger partial charge < -0.3 is 5.32 Å². The van der Waals surface area contributed by atoms with Crippen molar-refractivity contribution in [2.45, 2.75) is 20.4 Å². The van der Waals surface area contributed by atoms with E-state index >= 15 is 0 Å². The molecule has 0 aliphatic heterocycles. The summed E-state index contributed by atoms with van der Waals surface area (Å²) in [6, 6.07) is 5.16. The first kappa shape index (κ1) is 14.5. The van der Waals surface area contributed by atoms with Crippen molar-refractivity contribution in [1.29, 1.82) is 0 Å². The zero-order valence-electron chi connectivity index (χ0n) is 11.5. The topological polar surface area (TPSA) is 73.0 Å². The number of anilines is 1. The van der Waals surface area contributed by atoms with Gasteiger partial charge in [-0.25, -0.2) is 0 Å². The number of nitrogens with one attached hydrogen (secondary N) is 1. The van der Waals surface area contributed by atoms with E-state index in [0.717, 1.165) is 21.4 Å². The molecule has 0 radical (unpaired) electrons. The van der Waals surface area contributed by atoms with Crippen LogP contribution in [0.1, 0.15) is 17.0 Å². The summed E-state index contributed by atoms with van der Waals surface area (Å²) in [5.41, 5.74) is 3.33. The maximum absolute atomic E-state index is 11.0. The Labute approximate surface area is 125 Å². The summed E-state index contributed by atoms with van der Waals surface area (Å²) < 4.78 is 2.80. The molecule has 0 aliphatic rings. The molecule has 0 aliphatic carbocycles.